The molecule has 1 aromatic heterocycles. The maximum absolute atomic E-state index is 14.1. The Morgan fingerprint density at radius 3 is 2.75 bits per heavy atom. The standard InChI is InChI=1S/C15H13F4N3O2/c1-8-20-13(24-21-8)9-5-6-22(7-9)14(23)10-3-2-4-11(12(10)16)15(17,18)19/h2-4,9H,5-7H2,1H3/t9-/m0/s1. The molecule has 0 saturated carbocycles. The van der Waals surface area contributed by atoms with Crippen molar-refractivity contribution < 1.29 is 26.9 Å². The highest BCUT2D eigenvalue weighted by atomic mass is 19.4. The molecule has 3 rings (SSSR count). The van der Waals surface area contributed by atoms with Crippen LogP contribution in [0.4, 0.5) is 17.6 Å². The number of alkyl halides is 3. The summed E-state index contributed by atoms with van der Waals surface area (Å²) in [6.45, 7) is 2.12. The molecular formula is C15H13F4N3O2. The van der Waals surface area contributed by atoms with Gasteiger partial charge in [0.15, 0.2) is 5.82 Å². The molecule has 1 aliphatic heterocycles. The summed E-state index contributed by atoms with van der Waals surface area (Å²) < 4.78 is 57.4. The van der Waals surface area contributed by atoms with Crippen LogP contribution in [-0.4, -0.2) is 34.0 Å². The second kappa shape index (κ2) is 5.88. The molecule has 1 aliphatic rings. The molecule has 0 radical (unpaired) electrons. The van der Waals surface area contributed by atoms with E-state index >= 15 is 0 Å². The van der Waals surface area contributed by atoms with E-state index in [1.807, 2.05) is 0 Å². The van der Waals surface area contributed by atoms with Gasteiger partial charge in [-0.15, -0.1) is 0 Å². The van der Waals surface area contributed by atoms with E-state index in [0.717, 1.165) is 12.1 Å². The fraction of sp³-hybridized carbons (Fsp3) is 0.400. The van der Waals surface area contributed by atoms with Gasteiger partial charge in [-0.05, 0) is 25.5 Å². The quantitative estimate of drug-likeness (QED) is 0.786. The number of carbonyl (C=O) groups excluding carboxylic acids is 1. The lowest BCUT2D eigenvalue weighted by atomic mass is 10.1. The molecule has 128 valence electrons. The van der Waals surface area contributed by atoms with Crippen LogP contribution in [0.15, 0.2) is 22.7 Å². The van der Waals surface area contributed by atoms with Gasteiger partial charge in [-0.25, -0.2) is 4.39 Å². The van der Waals surface area contributed by atoms with Crippen LogP contribution in [0.3, 0.4) is 0 Å². The van der Waals surface area contributed by atoms with Crippen LogP contribution in [0.1, 0.15) is 40.0 Å². The first-order valence-corrected chi connectivity index (χ1v) is 7.22. The molecule has 0 bridgehead atoms. The van der Waals surface area contributed by atoms with Gasteiger partial charge in [0.2, 0.25) is 5.89 Å². The average Bonchev–Trinajstić information content (AvgIpc) is 3.14. The largest absolute Gasteiger partial charge is 0.419 e. The van der Waals surface area contributed by atoms with E-state index in [9.17, 15) is 22.4 Å². The van der Waals surface area contributed by atoms with Crippen LogP contribution >= 0.6 is 0 Å². The van der Waals surface area contributed by atoms with Crippen molar-refractivity contribution in [3.05, 3.63) is 46.9 Å². The van der Waals surface area contributed by atoms with E-state index in [-0.39, 0.29) is 19.0 Å². The lowest BCUT2D eigenvalue weighted by molar-refractivity contribution is -0.140. The Hall–Kier alpha value is -2.45. The molecule has 24 heavy (non-hydrogen) atoms. The summed E-state index contributed by atoms with van der Waals surface area (Å²) in [6, 6.07) is 2.69. The summed E-state index contributed by atoms with van der Waals surface area (Å²) in [7, 11) is 0. The average molecular weight is 343 g/mol. The fourth-order valence-electron chi connectivity index (χ4n) is 2.71. The van der Waals surface area contributed by atoms with Crippen molar-refractivity contribution in [2.75, 3.05) is 13.1 Å². The Labute approximate surface area is 134 Å². The third kappa shape index (κ3) is 2.98. The molecule has 2 heterocycles. The van der Waals surface area contributed by atoms with Gasteiger partial charge in [0.05, 0.1) is 17.0 Å². The van der Waals surface area contributed by atoms with Gasteiger partial charge < -0.3 is 9.42 Å². The van der Waals surface area contributed by atoms with Crippen molar-refractivity contribution in [1.82, 2.24) is 15.0 Å². The molecule has 1 amide bonds. The maximum atomic E-state index is 14.1. The highest BCUT2D eigenvalue weighted by Crippen LogP contribution is 2.33. The first-order valence-electron chi connectivity index (χ1n) is 7.22. The lowest BCUT2D eigenvalue weighted by Crippen LogP contribution is -2.30. The summed E-state index contributed by atoms with van der Waals surface area (Å²) in [4.78, 5) is 17.8. The van der Waals surface area contributed by atoms with E-state index in [0.29, 0.717) is 24.2 Å². The molecule has 1 aromatic carbocycles. The first-order chi connectivity index (χ1) is 11.3. The zero-order valence-corrected chi connectivity index (χ0v) is 12.6. The lowest BCUT2D eigenvalue weighted by Gasteiger charge is -2.17. The second-order valence-corrected chi connectivity index (χ2v) is 5.58. The molecule has 1 atom stereocenters. The van der Waals surface area contributed by atoms with Crippen molar-refractivity contribution in [3.63, 3.8) is 0 Å². The van der Waals surface area contributed by atoms with Gasteiger partial charge in [0, 0.05) is 13.1 Å². The number of carbonyl (C=O) groups is 1. The van der Waals surface area contributed by atoms with Gasteiger partial charge in [0.25, 0.3) is 5.91 Å². The third-order valence-corrected chi connectivity index (χ3v) is 3.90. The van der Waals surface area contributed by atoms with E-state index in [1.54, 1.807) is 6.92 Å². The van der Waals surface area contributed by atoms with Gasteiger partial charge in [-0.3, -0.25) is 4.79 Å². The summed E-state index contributed by atoms with van der Waals surface area (Å²) in [6.07, 6.45) is -4.33. The SMILES string of the molecule is Cc1noc([C@H]2CCN(C(=O)c3cccc(C(F)(F)F)c3F)C2)n1. The Bertz CT molecular complexity index is 772. The number of likely N-dealkylation sites (tertiary alicyclic amines) is 1. The first kappa shape index (κ1) is 16.4. The zero-order valence-electron chi connectivity index (χ0n) is 12.6. The molecule has 0 spiro atoms. The van der Waals surface area contributed by atoms with Crippen LogP contribution in [0.5, 0.6) is 0 Å². The third-order valence-electron chi connectivity index (χ3n) is 3.90. The Balaban J connectivity index is 1.81. The molecule has 1 saturated heterocycles. The molecule has 5 nitrogen and oxygen atoms in total. The fourth-order valence-corrected chi connectivity index (χ4v) is 2.71. The van der Waals surface area contributed by atoms with Crippen LogP contribution < -0.4 is 0 Å². The minimum atomic E-state index is -4.85. The molecule has 0 unspecified atom stereocenters. The number of amides is 1. The van der Waals surface area contributed by atoms with Crippen molar-refractivity contribution in [2.24, 2.45) is 0 Å². The predicted octanol–water partition coefficient (Wildman–Crippen LogP) is 3.17. The highest BCUT2D eigenvalue weighted by Gasteiger charge is 2.37. The van der Waals surface area contributed by atoms with Crippen molar-refractivity contribution in [3.8, 4) is 0 Å². The summed E-state index contributed by atoms with van der Waals surface area (Å²) in [5.41, 5.74) is -2.04. The van der Waals surface area contributed by atoms with Crippen molar-refractivity contribution in [2.45, 2.75) is 25.4 Å². The number of hydrogen-bond donors (Lipinski definition) is 0. The molecule has 0 N–H and O–H groups in total. The minimum absolute atomic E-state index is 0.191. The Morgan fingerprint density at radius 1 is 1.38 bits per heavy atom. The van der Waals surface area contributed by atoms with Crippen molar-refractivity contribution >= 4 is 5.91 Å². The van der Waals surface area contributed by atoms with E-state index < -0.39 is 29.0 Å². The number of hydrogen-bond acceptors (Lipinski definition) is 4. The molecular weight excluding hydrogens is 330 g/mol. The van der Waals surface area contributed by atoms with Crippen LogP contribution in [0, 0.1) is 12.7 Å². The van der Waals surface area contributed by atoms with E-state index in [1.165, 1.54) is 4.90 Å². The van der Waals surface area contributed by atoms with E-state index in [2.05, 4.69) is 10.1 Å². The molecule has 0 aliphatic carbocycles. The number of aromatic nitrogens is 2. The van der Waals surface area contributed by atoms with Crippen LogP contribution in [0.25, 0.3) is 0 Å². The number of halogens is 4. The van der Waals surface area contributed by atoms with Crippen LogP contribution in [-0.2, 0) is 6.18 Å². The van der Waals surface area contributed by atoms with Gasteiger partial charge in [0.1, 0.15) is 5.82 Å². The second-order valence-electron chi connectivity index (χ2n) is 5.58. The molecule has 9 heteroatoms. The maximum Gasteiger partial charge on any atom is 0.419 e. The van der Waals surface area contributed by atoms with Gasteiger partial charge in [-0.1, -0.05) is 11.2 Å². The number of rotatable bonds is 2. The summed E-state index contributed by atoms with van der Waals surface area (Å²) in [5.74, 6) is -1.71. The van der Waals surface area contributed by atoms with Gasteiger partial charge >= 0.3 is 6.18 Å². The number of nitrogens with zero attached hydrogens (tertiary/aromatic N) is 3. The van der Waals surface area contributed by atoms with E-state index in [4.69, 9.17) is 4.52 Å². The number of aryl methyl sites for hydroxylation is 1. The normalized spacial score (nSPS) is 18.2. The molecule has 2 aromatic rings. The predicted molar refractivity (Wildman–Crippen MR) is 73.7 cm³/mol. The zero-order chi connectivity index (χ0) is 17.5. The van der Waals surface area contributed by atoms with Gasteiger partial charge in [-0.2, -0.15) is 18.2 Å². The summed E-state index contributed by atoms with van der Waals surface area (Å²) in [5, 5.41) is 3.67. The monoisotopic (exact) mass is 343 g/mol. The van der Waals surface area contributed by atoms with Crippen molar-refractivity contribution in [1.29, 1.82) is 0 Å². The number of benzene rings is 1. The Kier molecular flexibility index (Phi) is 4.02. The molecule has 1 fully saturated rings. The highest BCUT2D eigenvalue weighted by molar-refractivity contribution is 5.95. The topological polar surface area (TPSA) is 59.2 Å². The Morgan fingerprint density at radius 2 is 2.12 bits per heavy atom. The van der Waals surface area contributed by atoms with Crippen LogP contribution in [0.2, 0.25) is 0 Å². The summed E-state index contributed by atoms with van der Waals surface area (Å²) >= 11 is 0. The minimum Gasteiger partial charge on any atom is -0.339 e. The smallest absolute Gasteiger partial charge is 0.339 e.